The molecule has 11 heteroatoms. The van der Waals surface area contributed by atoms with Crippen LogP contribution in [0.15, 0.2) is 42.5 Å². The van der Waals surface area contributed by atoms with Crippen molar-refractivity contribution in [1.29, 1.82) is 0 Å². The fourth-order valence-electron chi connectivity index (χ4n) is 4.80. The lowest BCUT2D eigenvalue weighted by Gasteiger charge is -2.30. The third-order valence-electron chi connectivity index (χ3n) is 6.98. The zero-order valence-electron chi connectivity index (χ0n) is 22.4. The predicted molar refractivity (Wildman–Crippen MR) is 148 cm³/mol. The molecule has 0 aromatic heterocycles. The maximum atomic E-state index is 13.6. The summed E-state index contributed by atoms with van der Waals surface area (Å²) in [5, 5.41) is 62.0. The first-order chi connectivity index (χ1) is 19.3. The monoisotopic (exact) mass is 550 g/mol. The number of nitro groups is 1. The first kappa shape index (κ1) is 28.8. The molecule has 0 saturated carbocycles. The average molecular weight is 551 g/mol. The quantitative estimate of drug-likeness (QED) is 0.0729. The van der Waals surface area contributed by atoms with E-state index in [9.17, 15) is 30.7 Å². The molecule has 0 aliphatic carbocycles. The van der Waals surface area contributed by atoms with Crippen LogP contribution in [0.2, 0.25) is 0 Å². The number of anilines is 5. The van der Waals surface area contributed by atoms with E-state index in [1.54, 1.807) is 6.07 Å². The third kappa shape index (κ3) is 6.85. The van der Waals surface area contributed by atoms with Crippen molar-refractivity contribution in [3.8, 4) is 23.0 Å². The van der Waals surface area contributed by atoms with Crippen LogP contribution >= 0.6 is 0 Å². The van der Waals surface area contributed by atoms with E-state index in [-0.39, 0.29) is 33.7 Å². The van der Waals surface area contributed by atoms with Crippen LogP contribution in [0.4, 0.5) is 34.1 Å². The number of benzene rings is 3. The SMILES string of the molecule is CCCCCCCCCCCc1c([O-])c(Nc2cc([N+](=O)[O-])ccc2[O-])cc2c1Oc1ccc(N(O)O)cc1N2. The van der Waals surface area contributed by atoms with Gasteiger partial charge in [0.1, 0.15) is 0 Å². The van der Waals surface area contributed by atoms with Gasteiger partial charge in [-0.1, -0.05) is 75.9 Å². The summed E-state index contributed by atoms with van der Waals surface area (Å²) in [5.74, 6) is -0.0787. The van der Waals surface area contributed by atoms with Gasteiger partial charge in [0.2, 0.25) is 0 Å². The fourth-order valence-corrected chi connectivity index (χ4v) is 4.80. The topological polar surface area (TPSA) is 166 Å². The first-order valence-electron chi connectivity index (χ1n) is 13.6. The van der Waals surface area contributed by atoms with Crippen LogP contribution in [0.3, 0.4) is 0 Å². The lowest BCUT2D eigenvalue weighted by atomic mass is 10.00. The molecule has 40 heavy (non-hydrogen) atoms. The Bertz CT molecular complexity index is 1350. The molecule has 4 rings (SSSR count). The first-order valence-corrected chi connectivity index (χ1v) is 13.6. The van der Waals surface area contributed by atoms with Gasteiger partial charge in [0.05, 0.1) is 22.0 Å². The largest absolute Gasteiger partial charge is 0.871 e. The second kappa shape index (κ2) is 13.2. The molecule has 1 aliphatic rings. The van der Waals surface area contributed by atoms with Crippen molar-refractivity contribution in [2.75, 3.05) is 15.9 Å². The number of fused-ring (bicyclic) bond motifs is 2. The number of hydrogen-bond donors (Lipinski definition) is 4. The standard InChI is InChI=1S/C29H36N4O7/c1-2-3-4-5-6-7-8-9-10-11-21-28(35)24(30-22-16-19(32(36)37)12-14-26(22)34)18-25-29(21)40-27-15-13-20(33(38)39)17-23(27)31-25/h12-18,30-31,34-35,38-39H,2-11H2,1H3/p-2. The van der Waals surface area contributed by atoms with Crippen molar-refractivity contribution in [3.05, 3.63) is 58.1 Å². The van der Waals surface area contributed by atoms with E-state index in [0.29, 0.717) is 34.9 Å². The van der Waals surface area contributed by atoms with Crippen LogP contribution in [0.1, 0.15) is 70.3 Å². The Morgan fingerprint density at radius 2 is 1.60 bits per heavy atom. The number of nitrogens with zero attached hydrogens (tertiary/aromatic N) is 2. The highest BCUT2D eigenvalue weighted by atomic mass is 16.8. The van der Waals surface area contributed by atoms with Gasteiger partial charge in [-0.3, -0.25) is 20.5 Å². The second-order valence-electron chi connectivity index (χ2n) is 9.95. The van der Waals surface area contributed by atoms with Crippen LogP contribution < -0.4 is 30.8 Å². The Hall–Kier alpha value is -4.22. The van der Waals surface area contributed by atoms with Gasteiger partial charge in [-0.15, -0.1) is 5.23 Å². The normalized spacial score (nSPS) is 11.7. The molecule has 0 bridgehead atoms. The van der Waals surface area contributed by atoms with E-state index >= 15 is 0 Å². The van der Waals surface area contributed by atoms with E-state index in [4.69, 9.17) is 4.74 Å². The Labute approximate surface area is 232 Å². The van der Waals surface area contributed by atoms with E-state index in [1.807, 2.05) is 0 Å². The Kier molecular flexibility index (Phi) is 9.52. The van der Waals surface area contributed by atoms with Crippen molar-refractivity contribution >= 4 is 34.1 Å². The van der Waals surface area contributed by atoms with Crippen LogP contribution in [-0.2, 0) is 6.42 Å². The number of non-ortho nitro benzene ring substituents is 1. The van der Waals surface area contributed by atoms with Crippen LogP contribution in [0, 0.1) is 10.1 Å². The second-order valence-corrected chi connectivity index (χ2v) is 9.95. The molecular weight excluding hydrogens is 516 g/mol. The minimum Gasteiger partial charge on any atom is -0.871 e. The van der Waals surface area contributed by atoms with Crippen molar-refractivity contribution in [3.63, 3.8) is 0 Å². The molecule has 0 fully saturated rings. The number of rotatable bonds is 14. The zero-order chi connectivity index (χ0) is 28.6. The Balaban J connectivity index is 1.58. The predicted octanol–water partition coefficient (Wildman–Crippen LogP) is 6.99. The van der Waals surface area contributed by atoms with Gasteiger partial charge < -0.3 is 25.6 Å². The maximum Gasteiger partial charge on any atom is 0.271 e. The molecule has 3 aromatic carbocycles. The zero-order valence-corrected chi connectivity index (χ0v) is 22.4. The van der Waals surface area contributed by atoms with Crippen molar-refractivity contribution in [2.24, 2.45) is 0 Å². The Morgan fingerprint density at radius 1 is 0.900 bits per heavy atom. The summed E-state index contributed by atoms with van der Waals surface area (Å²) >= 11 is 0. The van der Waals surface area contributed by atoms with Gasteiger partial charge in [0.25, 0.3) is 5.69 Å². The summed E-state index contributed by atoms with van der Waals surface area (Å²) in [6.45, 7) is 2.20. The molecule has 11 nitrogen and oxygen atoms in total. The highest BCUT2D eigenvalue weighted by molar-refractivity contribution is 5.86. The maximum absolute atomic E-state index is 13.6. The van der Waals surface area contributed by atoms with E-state index in [0.717, 1.165) is 43.9 Å². The van der Waals surface area contributed by atoms with Crippen LogP contribution in [-0.4, -0.2) is 15.3 Å². The lowest BCUT2D eigenvalue weighted by molar-refractivity contribution is -0.385. The molecule has 0 saturated heterocycles. The average Bonchev–Trinajstić information content (AvgIpc) is 2.93. The highest BCUT2D eigenvalue weighted by Gasteiger charge is 2.23. The number of unbranched alkanes of at least 4 members (excludes halogenated alkanes) is 8. The summed E-state index contributed by atoms with van der Waals surface area (Å²) in [5.41, 5.74) is 1.12. The number of nitrogens with one attached hydrogen (secondary N) is 2. The molecular formula is C29H34N4O7-2. The summed E-state index contributed by atoms with van der Waals surface area (Å²) in [7, 11) is 0. The number of ether oxygens (including phenoxy) is 1. The smallest absolute Gasteiger partial charge is 0.271 e. The van der Waals surface area contributed by atoms with E-state index < -0.39 is 10.7 Å². The molecule has 3 aromatic rings. The molecule has 214 valence electrons. The summed E-state index contributed by atoms with van der Waals surface area (Å²) < 4.78 is 6.11. The molecule has 1 heterocycles. The molecule has 1 aliphatic heterocycles. The number of hydrogen-bond acceptors (Lipinski definition) is 10. The van der Waals surface area contributed by atoms with E-state index in [2.05, 4.69) is 17.6 Å². The lowest BCUT2D eigenvalue weighted by Crippen LogP contribution is -2.13. The van der Waals surface area contributed by atoms with Gasteiger partial charge in [0.15, 0.2) is 11.5 Å². The molecule has 0 radical (unpaired) electrons. The summed E-state index contributed by atoms with van der Waals surface area (Å²) in [6.07, 6.45) is 10.6. The third-order valence-corrected chi connectivity index (χ3v) is 6.98. The highest BCUT2D eigenvalue weighted by Crippen LogP contribution is 2.50. The van der Waals surface area contributed by atoms with Crippen LogP contribution in [0.5, 0.6) is 23.0 Å². The molecule has 0 atom stereocenters. The minimum atomic E-state index is -0.611. The molecule has 0 spiro atoms. The minimum absolute atomic E-state index is 0.0153. The van der Waals surface area contributed by atoms with Gasteiger partial charge in [-0.05, 0) is 42.7 Å². The van der Waals surface area contributed by atoms with Gasteiger partial charge in [-0.2, -0.15) is 0 Å². The van der Waals surface area contributed by atoms with Gasteiger partial charge in [-0.25, -0.2) is 0 Å². The number of nitro benzene ring substituents is 1. The van der Waals surface area contributed by atoms with Gasteiger partial charge >= 0.3 is 0 Å². The van der Waals surface area contributed by atoms with Crippen molar-refractivity contribution in [1.82, 2.24) is 0 Å². The summed E-state index contributed by atoms with van der Waals surface area (Å²) in [6, 6.07) is 9.27. The van der Waals surface area contributed by atoms with E-state index in [1.165, 1.54) is 50.3 Å². The fraction of sp³-hybridized carbons (Fsp3) is 0.379. The molecule has 0 amide bonds. The molecule has 0 unspecified atom stereocenters. The van der Waals surface area contributed by atoms with Crippen LogP contribution in [0.25, 0.3) is 0 Å². The molecule has 4 N–H and O–H groups in total. The van der Waals surface area contributed by atoms with Crippen molar-refractivity contribution in [2.45, 2.75) is 71.1 Å². The summed E-state index contributed by atoms with van der Waals surface area (Å²) in [4.78, 5) is 10.6. The van der Waals surface area contributed by atoms with Crippen molar-refractivity contribution < 1.29 is 30.3 Å². The van der Waals surface area contributed by atoms with Gasteiger partial charge in [0, 0.05) is 23.5 Å². The Morgan fingerprint density at radius 3 is 2.27 bits per heavy atom.